The van der Waals surface area contributed by atoms with Crippen molar-refractivity contribution in [3.05, 3.63) is 24.3 Å². The van der Waals surface area contributed by atoms with Gasteiger partial charge in [-0.15, -0.1) is 0 Å². The molecule has 0 spiro atoms. The van der Waals surface area contributed by atoms with Gasteiger partial charge in [0, 0.05) is 6.42 Å². The molecule has 0 aromatic rings. The van der Waals surface area contributed by atoms with Crippen LogP contribution in [0.4, 0.5) is 0 Å². The topological polar surface area (TPSA) is 105 Å². The molecule has 0 fully saturated rings. The van der Waals surface area contributed by atoms with Crippen LogP contribution in [0.15, 0.2) is 24.3 Å². The molecular formula is C52H104N2O6P+. The molecule has 3 atom stereocenters. The molecule has 0 heterocycles. The Balaban J connectivity index is 4.23. The molecule has 0 saturated carbocycles. The third-order valence-corrected chi connectivity index (χ3v) is 12.9. The summed E-state index contributed by atoms with van der Waals surface area (Å²) in [5.74, 6) is -0.152. The van der Waals surface area contributed by atoms with Crippen molar-refractivity contribution in [2.75, 3.05) is 40.9 Å². The van der Waals surface area contributed by atoms with Gasteiger partial charge in [0.2, 0.25) is 5.91 Å². The normalized spacial score (nSPS) is 14.3. The number of unbranched alkanes of at least 4 members (excludes halogenated alkanes) is 31. The van der Waals surface area contributed by atoms with Crippen LogP contribution in [-0.2, 0) is 18.4 Å². The number of nitrogens with zero attached hydrogens (tertiary/aromatic N) is 1. The van der Waals surface area contributed by atoms with Crippen LogP contribution in [0.2, 0.25) is 0 Å². The van der Waals surface area contributed by atoms with Gasteiger partial charge >= 0.3 is 7.82 Å². The lowest BCUT2D eigenvalue weighted by Crippen LogP contribution is -2.46. The largest absolute Gasteiger partial charge is 0.472 e. The molecule has 362 valence electrons. The molecule has 0 aromatic carbocycles. The van der Waals surface area contributed by atoms with E-state index in [1.165, 1.54) is 180 Å². The number of likely N-dealkylation sites (N-methyl/N-ethyl adjacent to an activating group) is 1. The number of hydrogen-bond donors (Lipinski definition) is 3. The van der Waals surface area contributed by atoms with Crippen LogP contribution in [-0.4, -0.2) is 73.4 Å². The summed E-state index contributed by atoms with van der Waals surface area (Å²) in [6, 6.07) is -0.774. The summed E-state index contributed by atoms with van der Waals surface area (Å²) in [5, 5.41) is 14.0. The summed E-state index contributed by atoms with van der Waals surface area (Å²) in [5.41, 5.74) is 0. The minimum Gasteiger partial charge on any atom is -0.391 e. The van der Waals surface area contributed by atoms with E-state index in [2.05, 4.69) is 43.5 Å². The predicted molar refractivity (Wildman–Crippen MR) is 263 cm³/mol. The molecule has 61 heavy (non-hydrogen) atoms. The van der Waals surface area contributed by atoms with Gasteiger partial charge in [0.1, 0.15) is 13.2 Å². The van der Waals surface area contributed by atoms with E-state index in [1.807, 2.05) is 21.1 Å². The first-order chi connectivity index (χ1) is 29.5. The van der Waals surface area contributed by atoms with Gasteiger partial charge in [-0.1, -0.05) is 205 Å². The lowest BCUT2D eigenvalue weighted by molar-refractivity contribution is -0.870. The molecule has 0 aromatic heterocycles. The third kappa shape index (κ3) is 46.8. The van der Waals surface area contributed by atoms with Crippen molar-refractivity contribution < 1.29 is 32.9 Å². The van der Waals surface area contributed by atoms with Gasteiger partial charge in [-0.25, -0.2) is 4.57 Å². The minimum atomic E-state index is -4.32. The number of aliphatic hydroxyl groups excluding tert-OH is 1. The number of quaternary nitrogens is 1. The molecule has 0 rings (SSSR count). The van der Waals surface area contributed by atoms with Crippen molar-refractivity contribution in [2.24, 2.45) is 0 Å². The second-order valence-corrected chi connectivity index (χ2v) is 20.7. The SMILES string of the molecule is CCCCCCCC/C=C/CCCCCCCCCCCCCCCC(=O)N[C@@H](COP(=O)(O)OCC[N+](C)(C)C)[C@H](O)CCCC/C=C/CCCCCCCCCCCC. The molecule has 3 N–H and O–H groups in total. The van der Waals surface area contributed by atoms with Gasteiger partial charge in [0.25, 0.3) is 0 Å². The van der Waals surface area contributed by atoms with E-state index in [1.54, 1.807) is 0 Å². The second kappa shape index (κ2) is 44.2. The lowest BCUT2D eigenvalue weighted by Gasteiger charge is -2.26. The average molecular weight is 884 g/mol. The van der Waals surface area contributed by atoms with Crippen LogP contribution in [0, 0.1) is 0 Å². The van der Waals surface area contributed by atoms with Crippen LogP contribution in [0.1, 0.15) is 251 Å². The summed E-state index contributed by atoms with van der Waals surface area (Å²) in [7, 11) is 1.61. The number of nitrogens with one attached hydrogen (secondary N) is 1. The maximum absolute atomic E-state index is 13.0. The van der Waals surface area contributed by atoms with Crippen molar-refractivity contribution in [2.45, 2.75) is 264 Å². The van der Waals surface area contributed by atoms with Crippen LogP contribution in [0.25, 0.3) is 0 Å². The zero-order valence-corrected chi connectivity index (χ0v) is 42.1. The molecule has 0 bridgehead atoms. The highest BCUT2D eigenvalue weighted by Crippen LogP contribution is 2.43. The van der Waals surface area contributed by atoms with Crippen molar-refractivity contribution in [1.29, 1.82) is 0 Å². The molecule has 0 aliphatic carbocycles. The van der Waals surface area contributed by atoms with E-state index in [0.29, 0.717) is 23.9 Å². The standard InChI is InChI=1S/C52H103N2O6P/c1-6-8-10-12-14-16-18-20-22-24-25-26-27-28-29-30-32-34-36-38-40-42-44-46-52(56)53-50(49-60-61(57,58)59-48-47-54(3,4)5)51(55)45-43-41-39-37-35-33-31-23-21-19-17-15-13-11-9-7-2/h20,22,35,37,50-51,55H,6-19,21,23-34,36,38-49H2,1-5H3,(H-,53,56,57,58)/p+1/b22-20+,37-35+/t50-,51+/m0/s1. The van der Waals surface area contributed by atoms with Crippen LogP contribution in [0.3, 0.4) is 0 Å². The Kier molecular flexibility index (Phi) is 43.5. The first kappa shape index (κ1) is 60.0. The number of rotatable bonds is 48. The van der Waals surface area contributed by atoms with Crippen molar-refractivity contribution >= 4 is 13.7 Å². The summed E-state index contributed by atoms with van der Waals surface area (Å²) in [6.07, 6.45) is 53.6. The first-order valence-electron chi connectivity index (χ1n) is 26.2. The van der Waals surface area contributed by atoms with Crippen LogP contribution < -0.4 is 5.32 Å². The molecule has 1 unspecified atom stereocenters. The zero-order chi connectivity index (χ0) is 45.0. The molecular weight excluding hydrogens is 780 g/mol. The molecule has 0 saturated heterocycles. The highest BCUT2D eigenvalue weighted by atomic mass is 31.2. The summed E-state index contributed by atoms with van der Waals surface area (Å²) >= 11 is 0. The number of phosphoric acid groups is 1. The van der Waals surface area contributed by atoms with Gasteiger partial charge in [-0.3, -0.25) is 13.8 Å². The highest BCUT2D eigenvalue weighted by molar-refractivity contribution is 7.47. The van der Waals surface area contributed by atoms with Gasteiger partial charge in [-0.2, -0.15) is 0 Å². The Bertz CT molecular complexity index is 1050. The van der Waals surface area contributed by atoms with Gasteiger partial charge in [-0.05, 0) is 64.2 Å². The van der Waals surface area contributed by atoms with E-state index in [0.717, 1.165) is 44.9 Å². The third-order valence-electron chi connectivity index (χ3n) is 11.9. The van der Waals surface area contributed by atoms with E-state index in [4.69, 9.17) is 9.05 Å². The van der Waals surface area contributed by atoms with Crippen molar-refractivity contribution in [3.8, 4) is 0 Å². The number of carbonyl (C=O) groups is 1. The summed E-state index contributed by atoms with van der Waals surface area (Å²) in [4.78, 5) is 23.2. The number of allylic oxidation sites excluding steroid dienone is 4. The predicted octanol–water partition coefficient (Wildman–Crippen LogP) is 15.3. The van der Waals surface area contributed by atoms with Gasteiger partial charge < -0.3 is 19.8 Å². The number of aliphatic hydroxyl groups is 1. The van der Waals surface area contributed by atoms with Gasteiger partial charge in [0.15, 0.2) is 0 Å². The maximum atomic E-state index is 13.0. The minimum absolute atomic E-state index is 0.0709. The lowest BCUT2D eigenvalue weighted by atomic mass is 10.0. The molecule has 9 heteroatoms. The van der Waals surface area contributed by atoms with Crippen molar-refractivity contribution in [3.63, 3.8) is 0 Å². The summed E-state index contributed by atoms with van der Waals surface area (Å²) in [6.45, 7) is 4.88. The Morgan fingerprint density at radius 2 is 0.885 bits per heavy atom. The zero-order valence-electron chi connectivity index (χ0n) is 41.2. The molecule has 0 aliphatic rings. The highest BCUT2D eigenvalue weighted by Gasteiger charge is 2.28. The molecule has 1 amide bonds. The Labute approximate surface area is 379 Å². The fourth-order valence-electron chi connectivity index (χ4n) is 7.74. The smallest absolute Gasteiger partial charge is 0.391 e. The first-order valence-corrected chi connectivity index (χ1v) is 27.7. The maximum Gasteiger partial charge on any atom is 0.472 e. The number of hydrogen-bond acceptors (Lipinski definition) is 5. The Morgan fingerprint density at radius 3 is 1.26 bits per heavy atom. The monoisotopic (exact) mass is 884 g/mol. The Morgan fingerprint density at radius 1 is 0.541 bits per heavy atom. The Hall–Kier alpha value is -1.02. The van der Waals surface area contributed by atoms with Gasteiger partial charge in [0.05, 0.1) is 39.9 Å². The quantitative estimate of drug-likeness (QED) is 0.0243. The van der Waals surface area contributed by atoms with Crippen molar-refractivity contribution in [1.82, 2.24) is 5.32 Å². The fourth-order valence-corrected chi connectivity index (χ4v) is 8.48. The summed E-state index contributed by atoms with van der Waals surface area (Å²) < 4.78 is 23.7. The fraction of sp³-hybridized carbons (Fsp3) is 0.904. The molecule has 8 nitrogen and oxygen atoms in total. The molecule has 0 aliphatic heterocycles. The van der Waals surface area contributed by atoms with E-state index < -0.39 is 20.0 Å². The van der Waals surface area contributed by atoms with Crippen LogP contribution in [0.5, 0.6) is 0 Å². The molecule has 0 radical (unpaired) electrons. The number of phosphoric ester groups is 1. The van der Waals surface area contributed by atoms with Crippen LogP contribution >= 0.6 is 7.82 Å². The van der Waals surface area contributed by atoms with E-state index in [9.17, 15) is 19.4 Å². The number of carbonyl (C=O) groups excluding carboxylic acids is 1. The van der Waals surface area contributed by atoms with E-state index in [-0.39, 0.29) is 19.1 Å². The second-order valence-electron chi connectivity index (χ2n) is 19.2. The number of amides is 1. The average Bonchev–Trinajstić information content (AvgIpc) is 3.21. The van der Waals surface area contributed by atoms with E-state index >= 15 is 0 Å².